The van der Waals surface area contributed by atoms with Gasteiger partial charge in [0.25, 0.3) is 5.91 Å². The van der Waals surface area contributed by atoms with E-state index in [4.69, 9.17) is 5.73 Å². The van der Waals surface area contributed by atoms with Gasteiger partial charge in [-0.15, -0.1) is 11.3 Å². The Bertz CT molecular complexity index is 669. The van der Waals surface area contributed by atoms with E-state index in [2.05, 4.69) is 26.6 Å². The number of hydrogen-bond acceptors (Lipinski definition) is 4. The zero-order valence-corrected chi connectivity index (χ0v) is 13.2. The summed E-state index contributed by atoms with van der Waals surface area (Å²) in [6, 6.07) is 5.71. The molecule has 4 N–H and O–H groups in total. The Balaban J connectivity index is 2.17. The van der Waals surface area contributed by atoms with E-state index >= 15 is 0 Å². The molecule has 0 saturated heterocycles. The summed E-state index contributed by atoms with van der Waals surface area (Å²) in [6.07, 6.45) is 0.247. The molecular formula is C13H14BrN3O2S. The first-order valence-corrected chi connectivity index (χ1v) is 7.60. The lowest BCUT2D eigenvalue weighted by Gasteiger charge is -2.03. The number of amides is 2. The van der Waals surface area contributed by atoms with Crippen molar-refractivity contribution < 1.29 is 9.59 Å². The highest BCUT2D eigenvalue weighted by atomic mass is 79.9. The van der Waals surface area contributed by atoms with Gasteiger partial charge in [-0.3, -0.25) is 9.59 Å². The third-order valence-corrected chi connectivity index (χ3v) is 4.65. The SMILES string of the molecule is CNC(=O)CCNC(=O)c1sc2cccc(Br)c2c1N. The molecule has 1 heterocycles. The van der Waals surface area contributed by atoms with Crippen LogP contribution < -0.4 is 16.4 Å². The second kappa shape index (κ2) is 6.23. The number of fused-ring (bicyclic) bond motifs is 1. The van der Waals surface area contributed by atoms with E-state index in [0.29, 0.717) is 10.6 Å². The van der Waals surface area contributed by atoms with E-state index in [1.165, 1.54) is 11.3 Å². The molecule has 0 aliphatic heterocycles. The molecule has 2 aromatic rings. The Hall–Kier alpha value is -1.60. The Kier molecular flexibility index (Phi) is 4.61. The molecule has 0 radical (unpaired) electrons. The summed E-state index contributed by atoms with van der Waals surface area (Å²) in [5, 5.41) is 6.06. The molecular weight excluding hydrogens is 342 g/mol. The quantitative estimate of drug-likeness (QED) is 0.785. The summed E-state index contributed by atoms with van der Waals surface area (Å²) in [6.45, 7) is 0.285. The topological polar surface area (TPSA) is 84.2 Å². The Morgan fingerprint density at radius 3 is 2.80 bits per heavy atom. The maximum absolute atomic E-state index is 12.1. The number of nitrogens with two attached hydrogens (primary N) is 1. The van der Waals surface area contributed by atoms with Crippen LogP contribution in [0.1, 0.15) is 16.1 Å². The van der Waals surface area contributed by atoms with Crippen LogP contribution in [-0.4, -0.2) is 25.4 Å². The lowest BCUT2D eigenvalue weighted by Crippen LogP contribution is -2.29. The first-order chi connectivity index (χ1) is 9.54. The molecule has 20 heavy (non-hydrogen) atoms. The van der Waals surface area contributed by atoms with Crippen LogP contribution in [0.25, 0.3) is 10.1 Å². The molecule has 0 saturated carbocycles. The average molecular weight is 356 g/mol. The number of thiophene rings is 1. The Morgan fingerprint density at radius 2 is 2.15 bits per heavy atom. The predicted octanol–water partition coefficient (Wildman–Crippen LogP) is 2.11. The molecule has 1 aromatic carbocycles. The monoisotopic (exact) mass is 355 g/mol. The number of hydrogen-bond donors (Lipinski definition) is 3. The minimum absolute atomic E-state index is 0.114. The van der Waals surface area contributed by atoms with Crippen molar-refractivity contribution in [1.29, 1.82) is 0 Å². The maximum Gasteiger partial charge on any atom is 0.263 e. The van der Waals surface area contributed by atoms with Gasteiger partial charge in [-0.25, -0.2) is 0 Å². The van der Waals surface area contributed by atoms with Gasteiger partial charge in [0, 0.05) is 34.6 Å². The van der Waals surface area contributed by atoms with E-state index in [1.807, 2.05) is 18.2 Å². The van der Waals surface area contributed by atoms with Gasteiger partial charge >= 0.3 is 0 Å². The molecule has 0 atom stereocenters. The zero-order chi connectivity index (χ0) is 14.7. The van der Waals surface area contributed by atoms with Gasteiger partial charge in [-0.05, 0) is 12.1 Å². The minimum atomic E-state index is -0.250. The second-order valence-electron chi connectivity index (χ2n) is 4.14. The summed E-state index contributed by atoms with van der Waals surface area (Å²) in [7, 11) is 1.56. The van der Waals surface area contributed by atoms with E-state index in [0.717, 1.165) is 14.6 Å². The number of halogens is 1. The molecule has 0 spiro atoms. The molecule has 106 valence electrons. The third-order valence-electron chi connectivity index (χ3n) is 2.82. The molecule has 2 amide bonds. The van der Waals surface area contributed by atoms with Crippen LogP contribution in [0.5, 0.6) is 0 Å². The van der Waals surface area contributed by atoms with Gasteiger partial charge in [-0.1, -0.05) is 22.0 Å². The van der Waals surface area contributed by atoms with Crippen LogP contribution in [0.3, 0.4) is 0 Å². The first-order valence-electron chi connectivity index (χ1n) is 6.00. The molecule has 2 rings (SSSR count). The van der Waals surface area contributed by atoms with Crippen LogP contribution in [0.15, 0.2) is 22.7 Å². The highest BCUT2D eigenvalue weighted by molar-refractivity contribution is 9.10. The average Bonchev–Trinajstić information content (AvgIpc) is 2.77. The van der Waals surface area contributed by atoms with E-state index in [1.54, 1.807) is 7.05 Å². The summed E-state index contributed by atoms with van der Waals surface area (Å²) < 4.78 is 1.82. The van der Waals surface area contributed by atoms with Crippen LogP contribution in [0.4, 0.5) is 5.69 Å². The fourth-order valence-electron chi connectivity index (χ4n) is 1.79. The maximum atomic E-state index is 12.1. The number of rotatable bonds is 4. The Labute approximate surface area is 128 Å². The second-order valence-corrected chi connectivity index (χ2v) is 6.04. The van der Waals surface area contributed by atoms with Gasteiger partial charge in [0.15, 0.2) is 0 Å². The van der Waals surface area contributed by atoms with E-state index in [9.17, 15) is 9.59 Å². The molecule has 0 bridgehead atoms. The molecule has 1 aromatic heterocycles. The largest absolute Gasteiger partial charge is 0.397 e. The van der Waals surface area contributed by atoms with Gasteiger partial charge in [-0.2, -0.15) is 0 Å². The van der Waals surface area contributed by atoms with Crippen LogP contribution in [0, 0.1) is 0 Å². The van der Waals surface area contributed by atoms with Crippen molar-refractivity contribution in [1.82, 2.24) is 10.6 Å². The number of carbonyl (C=O) groups is 2. The number of nitrogens with one attached hydrogen (secondary N) is 2. The molecule has 0 unspecified atom stereocenters. The Morgan fingerprint density at radius 1 is 1.40 bits per heavy atom. The number of benzene rings is 1. The van der Waals surface area contributed by atoms with Gasteiger partial charge in [0.1, 0.15) is 4.88 Å². The zero-order valence-electron chi connectivity index (χ0n) is 10.8. The predicted molar refractivity (Wildman–Crippen MR) is 85.0 cm³/mol. The number of nitrogen functional groups attached to an aromatic ring is 1. The highest BCUT2D eigenvalue weighted by Crippen LogP contribution is 2.37. The van der Waals surface area contributed by atoms with Crippen molar-refractivity contribution in [3.8, 4) is 0 Å². The van der Waals surface area contributed by atoms with Crippen LogP contribution in [-0.2, 0) is 4.79 Å². The van der Waals surface area contributed by atoms with Crippen molar-refractivity contribution in [2.75, 3.05) is 19.3 Å². The summed E-state index contributed by atoms with van der Waals surface area (Å²) in [5.74, 6) is -0.364. The molecule has 7 heteroatoms. The van der Waals surface area contributed by atoms with Crippen molar-refractivity contribution in [2.45, 2.75) is 6.42 Å². The van der Waals surface area contributed by atoms with Crippen LogP contribution >= 0.6 is 27.3 Å². The summed E-state index contributed by atoms with van der Waals surface area (Å²) >= 11 is 4.78. The lowest BCUT2D eigenvalue weighted by atomic mass is 10.2. The van der Waals surface area contributed by atoms with Gasteiger partial charge in [0.2, 0.25) is 5.91 Å². The smallest absolute Gasteiger partial charge is 0.263 e. The summed E-state index contributed by atoms with van der Waals surface area (Å²) in [4.78, 5) is 23.7. The standard InChI is InChI=1S/C13H14BrN3O2S/c1-16-9(18)5-6-17-13(19)12-11(15)10-7(14)3-2-4-8(10)20-12/h2-4H,5-6,15H2,1H3,(H,16,18)(H,17,19). The molecule has 0 aliphatic carbocycles. The number of anilines is 1. The fraction of sp³-hybridized carbons (Fsp3) is 0.231. The van der Waals surface area contributed by atoms with Crippen molar-refractivity contribution in [3.63, 3.8) is 0 Å². The van der Waals surface area contributed by atoms with E-state index in [-0.39, 0.29) is 24.8 Å². The molecule has 5 nitrogen and oxygen atoms in total. The van der Waals surface area contributed by atoms with Crippen molar-refractivity contribution in [2.24, 2.45) is 0 Å². The van der Waals surface area contributed by atoms with Gasteiger partial charge in [0.05, 0.1) is 5.69 Å². The minimum Gasteiger partial charge on any atom is -0.397 e. The normalized spacial score (nSPS) is 10.5. The molecule has 0 aliphatic rings. The van der Waals surface area contributed by atoms with E-state index < -0.39 is 0 Å². The molecule has 0 fully saturated rings. The van der Waals surface area contributed by atoms with Crippen molar-refractivity contribution >= 4 is 54.9 Å². The lowest BCUT2D eigenvalue weighted by molar-refractivity contribution is -0.120. The highest BCUT2D eigenvalue weighted by Gasteiger charge is 2.17. The fourth-order valence-corrected chi connectivity index (χ4v) is 3.57. The third kappa shape index (κ3) is 2.94. The number of carbonyl (C=O) groups excluding carboxylic acids is 2. The first kappa shape index (κ1) is 14.8. The van der Waals surface area contributed by atoms with Gasteiger partial charge < -0.3 is 16.4 Å². The van der Waals surface area contributed by atoms with Crippen molar-refractivity contribution in [3.05, 3.63) is 27.5 Å². The van der Waals surface area contributed by atoms with Crippen LogP contribution in [0.2, 0.25) is 0 Å². The summed E-state index contributed by atoms with van der Waals surface area (Å²) in [5.41, 5.74) is 6.51.